The molecule has 4 aromatic rings. The Bertz CT molecular complexity index is 1290. The first-order chi connectivity index (χ1) is 15.5. The molecular weight excluding hydrogens is 445 g/mol. The number of aromatic nitrogens is 3. The summed E-state index contributed by atoms with van der Waals surface area (Å²) in [5.41, 5.74) is 4.86. The molecule has 1 aliphatic heterocycles. The monoisotopic (exact) mass is 465 g/mol. The van der Waals surface area contributed by atoms with Gasteiger partial charge in [0.1, 0.15) is 0 Å². The van der Waals surface area contributed by atoms with Crippen LogP contribution in [0.3, 0.4) is 0 Å². The number of carbonyl (C=O) groups is 1. The highest BCUT2D eigenvalue weighted by molar-refractivity contribution is 6.31. The zero-order chi connectivity index (χ0) is 22.2. The zero-order valence-corrected chi connectivity index (χ0v) is 19.0. The fourth-order valence-electron chi connectivity index (χ4n) is 4.03. The van der Waals surface area contributed by atoms with Crippen molar-refractivity contribution in [2.24, 2.45) is 0 Å². The van der Waals surface area contributed by atoms with E-state index in [1.54, 1.807) is 10.7 Å². The molecule has 6 nitrogen and oxygen atoms in total. The summed E-state index contributed by atoms with van der Waals surface area (Å²) in [6.07, 6.45) is 1.66. The molecule has 3 heterocycles. The highest BCUT2D eigenvalue weighted by Crippen LogP contribution is 2.24. The van der Waals surface area contributed by atoms with Crippen LogP contribution in [0, 0.1) is 6.92 Å². The Morgan fingerprint density at radius 1 is 0.938 bits per heavy atom. The molecule has 0 spiro atoms. The average Bonchev–Trinajstić information content (AvgIpc) is 3.25. The average molecular weight is 466 g/mol. The second kappa shape index (κ2) is 8.45. The van der Waals surface area contributed by atoms with Crippen LogP contribution in [-0.2, 0) is 0 Å². The lowest BCUT2D eigenvalue weighted by molar-refractivity contribution is 0.0745. The highest BCUT2D eigenvalue weighted by atomic mass is 35.5. The van der Waals surface area contributed by atoms with Gasteiger partial charge in [-0.3, -0.25) is 4.79 Å². The van der Waals surface area contributed by atoms with Crippen LogP contribution in [0.15, 0.2) is 60.8 Å². The molecule has 0 radical (unpaired) electrons. The first-order valence-corrected chi connectivity index (χ1v) is 11.2. The summed E-state index contributed by atoms with van der Waals surface area (Å²) >= 11 is 12.1. The van der Waals surface area contributed by atoms with Crippen molar-refractivity contribution in [3.05, 3.63) is 82.1 Å². The minimum Gasteiger partial charge on any atom is -0.368 e. The van der Waals surface area contributed by atoms with E-state index in [9.17, 15) is 4.79 Å². The van der Waals surface area contributed by atoms with Gasteiger partial charge in [-0.25, -0.2) is 9.50 Å². The minimum absolute atomic E-state index is 0.0220. The van der Waals surface area contributed by atoms with E-state index in [1.807, 2.05) is 66.4 Å². The normalized spacial score (nSPS) is 14.2. The summed E-state index contributed by atoms with van der Waals surface area (Å²) < 4.78 is 1.74. The SMILES string of the molecule is Cc1c(C(=O)N2CCN(c3cccc(Cl)c3)CC2)cnc2cc(-c3ccc(Cl)cc3)nn12. The van der Waals surface area contributed by atoms with Crippen LogP contribution < -0.4 is 4.90 Å². The Morgan fingerprint density at radius 3 is 2.41 bits per heavy atom. The lowest BCUT2D eigenvalue weighted by atomic mass is 10.1. The first kappa shape index (κ1) is 20.8. The van der Waals surface area contributed by atoms with E-state index in [1.165, 1.54) is 0 Å². The predicted octanol–water partition coefficient (Wildman–Crippen LogP) is 4.97. The van der Waals surface area contributed by atoms with Gasteiger partial charge in [0.2, 0.25) is 0 Å². The van der Waals surface area contributed by atoms with E-state index < -0.39 is 0 Å². The number of rotatable bonds is 3. The van der Waals surface area contributed by atoms with Gasteiger partial charge in [-0.1, -0.05) is 41.4 Å². The number of amides is 1. The van der Waals surface area contributed by atoms with Gasteiger partial charge >= 0.3 is 0 Å². The number of hydrogen-bond acceptors (Lipinski definition) is 4. The Hall–Kier alpha value is -3.09. The molecule has 8 heteroatoms. The largest absolute Gasteiger partial charge is 0.368 e. The molecule has 32 heavy (non-hydrogen) atoms. The lowest BCUT2D eigenvalue weighted by Gasteiger charge is -2.36. The summed E-state index contributed by atoms with van der Waals surface area (Å²) in [5.74, 6) is -0.0220. The van der Waals surface area contributed by atoms with E-state index in [2.05, 4.69) is 15.0 Å². The third kappa shape index (κ3) is 3.92. The van der Waals surface area contributed by atoms with Crippen molar-refractivity contribution >= 4 is 40.4 Å². The number of carbonyl (C=O) groups excluding carboxylic acids is 1. The third-order valence-electron chi connectivity index (χ3n) is 5.83. The molecule has 0 N–H and O–H groups in total. The zero-order valence-electron chi connectivity index (χ0n) is 17.5. The molecule has 5 rings (SSSR count). The molecular formula is C24H21Cl2N5O. The maximum absolute atomic E-state index is 13.3. The van der Waals surface area contributed by atoms with Crippen molar-refractivity contribution in [2.75, 3.05) is 31.1 Å². The second-order valence-electron chi connectivity index (χ2n) is 7.82. The maximum Gasteiger partial charge on any atom is 0.257 e. The Kier molecular flexibility index (Phi) is 5.49. The molecule has 0 atom stereocenters. The van der Waals surface area contributed by atoms with Crippen LogP contribution in [0.2, 0.25) is 10.0 Å². The van der Waals surface area contributed by atoms with Crippen molar-refractivity contribution < 1.29 is 4.79 Å². The van der Waals surface area contributed by atoms with E-state index in [4.69, 9.17) is 23.2 Å². The van der Waals surface area contributed by atoms with Crippen LogP contribution in [0.1, 0.15) is 16.1 Å². The van der Waals surface area contributed by atoms with Crippen molar-refractivity contribution in [1.82, 2.24) is 19.5 Å². The number of piperazine rings is 1. The summed E-state index contributed by atoms with van der Waals surface area (Å²) in [6.45, 7) is 4.69. The molecule has 1 saturated heterocycles. The number of hydrogen-bond donors (Lipinski definition) is 0. The standard InChI is InChI=1S/C24H21Cl2N5O/c1-16-21(15-27-23-14-22(28-31(16)23)17-5-7-18(25)8-6-17)24(32)30-11-9-29(10-12-30)20-4-2-3-19(26)13-20/h2-8,13-15H,9-12H2,1H3. The summed E-state index contributed by atoms with van der Waals surface area (Å²) in [6, 6.07) is 17.2. The Balaban J connectivity index is 1.36. The van der Waals surface area contributed by atoms with Crippen molar-refractivity contribution in [3.8, 4) is 11.3 Å². The lowest BCUT2D eigenvalue weighted by Crippen LogP contribution is -2.49. The van der Waals surface area contributed by atoms with Gasteiger partial charge in [0.15, 0.2) is 5.65 Å². The molecule has 0 saturated carbocycles. The number of anilines is 1. The number of benzene rings is 2. The van der Waals surface area contributed by atoms with Gasteiger partial charge in [0, 0.05) is 59.7 Å². The Labute approximate surface area is 196 Å². The first-order valence-electron chi connectivity index (χ1n) is 10.4. The maximum atomic E-state index is 13.3. The van der Waals surface area contributed by atoms with Gasteiger partial charge in [-0.15, -0.1) is 0 Å². The number of aryl methyl sites for hydroxylation is 1. The van der Waals surface area contributed by atoms with E-state index in [0.717, 1.165) is 35.7 Å². The number of nitrogens with zero attached hydrogens (tertiary/aromatic N) is 5. The molecule has 0 aliphatic carbocycles. The van der Waals surface area contributed by atoms with E-state index >= 15 is 0 Å². The van der Waals surface area contributed by atoms with Crippen LogP contribution in [0.5, 0.6) is 0 Å². The molecule has 162 valence electrons. The third-order valence-corrected chi connectivity index (χ3v) is 6.32. The summed E-state index contributed by atoms with van der Waals surface area (Å²) in [5, 5.41) is 6.07. The minimum atomic E-state index is -0.0220. The quantitative estimate of drug-likeness (QED) is 0.428. The fraction of sp³-hybridized carbons (Fsp3) is 0.208. The highest BCUT2D eigenvalue weighted by Gasteiger charge is 2.25. The van der Waals surface area contributed by atoms with Crippen LogP contribution in [-0.4, -0.2) is 51.6 Å². The second-order valence-corrected chi connectivity index (χ2v) is 8.70. The topological polar surface area (TPSA) is 53.7 Å². The molecule has 1 amide bonds. The van der Waals surface area contributed by atoms with Gasteiger partial charge in [0.25, 0.3) is 5.91 Å². The van der Waals surface area contributed by atoms with E-state index in [0.29, 0.717) is 34.3 Å². The van der Waals surface area contributed by atoms with Crippen molar-refractivity contribution in [2.45, 2.75) is 6.92 Å². The van der Waals surface area contributed by atoms with Gasteiger partial charge in [0.05, 0.1) is 17.0 Å². The molecule has 1 aliphatic rings. The molecule has 0 unspecified atom stereocenters. The van der Waals surface area contributed by atoms with E-state index in [-0.39, 0.29) is 5.91 Å². The van der Waals surface area contributed by atoms with Crippen LogP contribution >= 0.6 is 23.2 Å². The molecule has 2 aromatic carbocycles. The predicted molar refractivity (Wildman–Crippen MR) is 128 cm³/mol. The van der Waals surface area contributed by atoms with Crippen molar-refractivity contribution in [1.29, 1.82) is 0 Å². The van der Waals surface area contributed by atoms with Crippen molar-refractivity contribution in [3.63, 3.8) is 0 Å². The number of halogens is 2. The van der Waals surface area contributed by atoms with Gasteiger partial charge in [-0.2, -0.15) is 5.10 Å². The smallest absolute Gasteiger partial charge is 0.257 e. The van der Waals surface area contributed by atoms with Gasteiger partial charge < -0.3 is 9.80 Å². The summed E-state index contributed by atoms with van der Waals surface area (Å²) in [7, 11) is 0. The molecule has 0 bridgehead atoms. The fourth-order valence-corrected chi connectivity index (χ4v) is 4.34. The molecule has 1 fully saturated rings. The molecule has 2 aromatic heterocycles. The van der Waals surface area contributed by atoms with Gasteiger partial charge in [-0.05, 0) is 37.3 Å². The van der Waals surface area contributed by atoms with Crippen LogP contribution in [0.4, 0.5) is 5.69 Å². The Morgan fingerprint density at radius 2 is 1.69 bits per heavy atom. The number of fused-ring (bicyclic) bond motifs is 1. The summed E-state index contributed by atoms with van der Waals surface area (Å²) in [4.78, 5) is 21.9. The van der Waals surface area contributed by atoms with Crippen LogP contribution in [0.25, 0.3) is 16.9 Å².